The molecule has 0 spiro atoms. The molecule has 2 nitrogen and oxygen atoms in total. The van der Waals surface area contributed by atoms with Crippen LogP contribution >= 0.6 is 15.9 Å². The van der Waals surface area contributed by atoms with Gasteiger partial charge in [0.25, 0.3) is 0 Å². The fourth-order valence-electron chi connectivity index (χ4n) is 2.75. The molecule has 3 heteroatoms. The predicted molar refractivity (Wildman–Crippen MR) is 78.5 cm³/mol. The van der Waals surface area contributed by atoms with Crippen molar-refractivity contribution in [3.63, 3.8) is 0 Å². The van der Waals surface area contributed by atoms with Crippen LogP contribution in [0.15, 0.2) is 28.7 Å². The van der Waals surface area contributed by atoms with Gasteiger partial charge in [-0.3, -0.25) is 0 Å². The van der Waals surface area contributed by atoms with Gasteiger partial charge >= 0.3 is 0 Å². The minimum Gasteiger partial charge on any atom is -0.387 e. The summed E-state index contributed by atoms with van der Waals surface area (Å²) in [6.45, 7) is 2.87. The maximum Gasteiger partial charge on any atom is 0.0914 e. The average Bonchev–Trinajstić information content (AvgIpc) is 2.89. The summed E-state index contributed by atoms with van der Waals surface area (Å²) in [5, 5.41) is 13.6. The van der Waals surface area contributed by atoms with E-state index in [1.165, 1.54) is 25.7 Å². The number of hydrogen-bond donors (Lipinski definition) is 2. The largest absolute Gasteiger partial charge is 0.387 e. The van der Waals surface area contributed by atoms with Crippen molar-refractivity contribution in [3.05, 3.63) is 34.3 Å². The normalized spacial score (nSPS) is 19.9. The van der Waals surface area contributed by atoms with Crippen LogP contribution in [0.2, 0.25) is 0 Å². The molecule has 2 N–H and O–H groups in total. The fraction of sp³-hybridized carbons (Fsp3) is 0.600. The standard InChI is InChI=1S/C15H22BrNO/c1-11(12-5-2-3-6-12)17-10-15(18)13-7-4-8-14(16)9-13/h4,7-9,11-12,15,17-18H,2-3,5-6,10H2,1H3. The van der Waals surface area contributed by atoms with E-state index in [9.17, 15) is 5.11 Å². The second-order valence-electron chi connectivity index (χ2n) is 5.31. The fourth-order valence-corrected chi connectivity index (χ4v) is 3.17. The second kappa shape index (κ2) is 6.69. The van der Waals surface area contributed by atoms with Crippen molar-refractivity contribution in [3.8, 4) is 0 Å². The third-order valence-corrected chi connectivity index (χ3v) is 4.47. The lowest BCUT2D eigenvalue weighted by Crippen LogP contribution is -2.35. The SMILES string of the molecule is CC(NCC(O)c1cccc(Br)c1)C1CCCC1. The van der Waals surface area contributed by atoms with Gasteiger partial charge in [0.05, 0.1) is 6.10 Å². The first-order chi connectivity index (χ1) is 8.66. The Labute approximate surface area is 118 Å². The molecule has 0 radical (unpaired) electrons. The first-order valence-electron chi connectivity index (χ1n) is 6.83. The van der Waals surface area contributed by atoms with Crippen LogP contribution in [-0.2, 0) is 0 Å². The van der Waals surface area contributed by atoms with Crippen LogP contribution in [0.25, 0.3) is 0 Å². The molecule has 18 heavy (non-hydrogen) atoms. The molecule has 1 fully saturated rings. The molecule has 0 saturated heterocycles. The topological polar surface area (TPSA) is 32.3 Å². The quantitative estimate of drug-likeness (QED) is 0.870. The van der Waals surface area contributed by atoms with Crippen molar-refractivity contribution in [1.82, 2.24) is 5.32 Å². The average molecular weight is 312 g/mol. The zero-order chi connectivity index (χ0) is 13.0. The van der Waals surface area contributed by atoms with Crippen LogP contribution in [0.5, 0.6) is 0 Å². The molecular formula is C15H22BrNO. The summed E-state index contributed by atoms with van der Waals surface area (Å²) < 4.78 is 1.02. The van der Waals surface area contributed by atoms with Crippen LogP contribution in [0.3, 0.4) is 0 Å². The lowest BCUT2D eigenvalue weighted by Gasteiger charge is -2.22. The Morgan fingerprint density at radius 2 is 2.11 bits per heavy atom. The summed E-state index contributed by atoms with van der Waals surface area (Å²) in [5.41, 5.74) is 0.968. The van der Waals surface area contributed by atoms with Crippen LogP contribution in [0.1, 0.15) is 44.3 Å². The number of aliphatic hydroxyl groups excluding tert-OH is 1. The van der Waals surface area contributed by atoms with E-state index in [-0.39, 0.29) is 0 Å². The lowest BCUT2D eigenvalue weighted by molar-refractivity contribution is 0.165. The zero-order valence-corrected chi connectivity index (χ0v) is 12.5. The number of benzene rings is 1. The Bertz CT molecular complexity index is 377. The first kappa shape index (κ1) is 14.0. The van der Waals surface area contributed by atoms with E-state index >= 15 is 0 Å². The van der Waals surface area contributed by atoms with Crippen molar-refractivity contribution in [1.29, 1.82) is 0 Å². The van der Waals surface area contributed by atoms with E-state index in [0.717, 1.165) is 16.0 Å². The Hall–Kier alpha value is -0.380. The summed E-state index contributed by atoms with van der Waals surface area (Å²) in [4.78, 5) is 0. The molecule has 2 atom stereocenters. The van der Waals surface area contributed by atoms with Crippen molar-refractivity contribution >= 4 is 15.9 Å². The van der Waals surface area contributed by atoms with Crippen LogP contribution in [0.4, 0.5) is 0 Å². The molecule has 100 valence electrons. The number of nitrogens with one attached hydrogen (secondary N) is 1. The minimum absolute atomic E-state index is 0.425. The van der Waals surface area contributed by atoms with Crippen molar-refractivity contribution < 1.29 is 5.11 Å². The maximum absolute atomic E-state index is 10.2. The molecule has 1 aliphatic carbocycles. The van der Waals surface area contributed by atoms with E-state index in [4.69, 9.17) is 0 Å². The van der Waals surface area contributed by atoms with Crippen LogP contribution in [-0.4, -0.2) is 17.7 Å². The lowest BCUT2D eigenvalue weighted by atomic mass is 9.99. The molecule has 1 aromatic rings. The number of hydrogen-bond acceptors (Lipinski definition) is 2. The molecule has 1 aliphatic rings. The van der Waals surface area contributed by atoms with E-state index in [1.807, 2.05) is 24.3 Å². The number of rotatable bonds is 5. The minimum atomic E-state index is -0.425. The summed E-state index contributed by atoms with van der Waals surface area (Å²) in [5.74, 6) is 0.791. The molecular weight excluding hydrogens is 290 g/mol. The highest BCUT2D eigenvalue weighted by atomic mass is 79.9. The maximum atomic E-state index is 10.2. The van der Waals surface area contributed by atoms with Gasteiger partial charge in [0.2, 0.25) is 0 Å². The van der Waals surface area contributed by atoms with Gasteiger partial charge in [-0.1, -0.05) is 40.9 Å². The number of aliphatic hydroxyl groups is 1. The molecule has 0 aliphatic heterocycles. The first-order valence-corrected chi connectivity index (χ1v) is 7.63. The molecule has 0 heterocycles. The highest BCUT2D eigenvalue weighted by Gasteiger charge is 2.21. The van der Waals surface area contributed by atoms with Crippen molar-refractivity contribution in [2.24, 2.45) is 5.92 Å². The Morgan fingerprint density at radius 1 is 1.39 bits per heavy atom. The Balaban J connectivity index is 1.82. The van der Waals surface area contributed by atoms with Crippen LogP contribution in [0, 0.1) is 5.92 Å². The van der Waals surface area contributed by atoms with Gasteiger partial charge in [0, 0.05) is 17.1 Å². The Morgan fingerprint density at radius 3 is 2.78 bits per heavy atom. The van der Waals surface area contributed by atoms with Crippen molar-refractivity contribution in [2.75, 3.05) is 6.54 Å². The molecule has 0 bridgehead atoms. The third kappa shape index (κ3) is 3.81. The van der Waals surface area contributed by atoms with E-state index in [0.29, 0.717) is 12.6 Å². The van der Waals surface area contributed by atoms with E-state index in [2.05, 4.69) is 28.2 Å². The molecule has 0 amide bonds. The monoisotopic (exact) mass is 311 g/mol. The van der Waals surface area contributed by atoms with Gasteiger partial charge in [-0.2, -0.15) is 0 Å². The van der Waals surface area contributed by atoms with Crippen molar-refractivity contribution in [2.45, 2.75) is 44.8 Å². The molecule has 1 aromatic carbocycles. The van der Waals surface area contributed by atoms with E-state index < -0.39 is 6.10 Å². The summed E-state index contributed by atoms with van der Waals surface area (Å²) in [6.07, 6.45) is 4.98. The smallest absolute Gasteiger partial charge is 0.0914 e. The zero-order valence-electron chi connectivity index (χ0n) is 10.9. The highest BCUT2D eigenvalue weighted by Crippen LogP contribution is 2.27. The molecule has 0 aromatic heterocycles. The van der Waals surface area contributed by atoms with Gasteiger partial charge in [-0.15, -0.1) is 0 Å². The predicted octanol–water partition coefficient (Wildman–Crippen LogP) is 3.65. The molecule has 2 rings (SSSR count). The Kier molecular flexibility index (Phi) is 5.22. The van der Waals surface area contributed by atoms with E-state index in [1.54, 1.807) is 0 Å². The molecule has 1 saturated carbocycles. The molecule has 2 unspecified atom stereocenters. The van der Waals surface area contributed by atoms with Gasteiger partial charge in [-0.25, -0.2) is 0 Å². The summed E-state index contributed by atoms with van der Waals surface area (Å²) in [6, 6.07) is 8.40. The van der Waals surface area contributed by atoms with Gasteiger partial charge < -0.3 is 10.4 Å². The summed E-state index contributed by atoms with van der Waals surface area (Å²) >= 11 is 3.43. The van der Waals surface area contributed by atoms with Crippen LogP contribution < -0.4 is 5.32 Å². The highest BCUT2D eigenvalue weighted by molar-refractivity contribution is 9.10. The third-order valence-electron chi connectivity index (χ3n) is 3.97. The second-order valence-corrected chi connectivity index (χ2v) is 6.23. The van der Waals surface area contributed by atoms with Gasteiger partial charge in [0.15, 0.2) is 0 Å². The number of halogens is 1. The van der Waals surface area contributed by atoms with Gasteiger partial charge in [0.1, 0.15) is 0 Å². The summed E-state index contributed by atoms with van der Waals surface area (Å²) in [7, 11) is 0. The van der Waals surface area contributed by atoms with Gasteiger partial charge in [-0.05, 0) is 43.4 Å².